The molecule has 1 fully saturated rings. The first-order chi connectivity index (χ1) is 2.00. The van der Waals surface area contributed by atoms with Gasteiger partial charge in [0.1, 0.15) is 0 Å². The van der Waals surface area contributed by atoms with Crippen molar-refractivity contribution in [3.8, 4) is 0 Å². The Balaban J connectivity index is -0.00000000254. The minimum Gasteiger partial charge on any atom is -0.269 e. The summed E-state index contributed by atoms with van der Waals surface area (Å²) in [6.07, 6.45) is 6.00. The molecule has 0 bridgehead atoms. The first-order valence-corrected chi connectivity index (χ1v) is 2.00. The molecule has 0 aromatic heterocycles. The van der Waals surface area contributed by atoms with Gasteiger partial charge in [-0.15, -0.1) is 0 Å². The van der Waals surface area contributed by atoms with Gasteiger partial charge in [-0.3, -0.25) is 42.3 Å². The molecular formula is C4H17F9. The highest BCUT2D eigenvalue weighted by atomic mass is 19.0. The fourth-order valence-electron chi connectivity index (χ4n) is 0.250. The third-order valence-corrected chi connectivity index (χ3v) is 1.000. The van der Waals surface area contributed by atoms with Crippen LogP contribution in [-0.2, 0) is 0 Å². The second-order valence-corrected chi connectivity index (χ2v) is 1.41. The topological polar surface area (TPSA) is 0 Å². The van der Waals surface area contributed by atoms with Crippen LogP contribution in [0.25, 0.3) is 0 Å². The highest BCUT2D eigenvalue weighted by molar-refractivity contribution is 4.50. The van der Waals surface area contributed by atoms with Gasteiger partial charge >= 0.3 is 0 Å². The highest BCUT2D eigenvalue weighted by Crippen LogP contribution is 2.15. The molecule has 0 amide bonds. The molecule has 1 aliphatic carbocycles. The second-order valence-electron chi connectivity index (χ2n) is 1.41. The highest BCUT2D eigenvalue weighted by Gasteiger charge is 1.95. The Hall–Kier alpha value is -0.630. The van der Waals surface area contributed by atoms with Gasteiger partial charge in [-0.2, -0.15) is 0 Å². The van der Waals surface area contributed by atoms with E-state index in [4.69, 9.17) is 0 Å². The van der Waals surface area contributed by atoms with E-state index in [1.165, 1.54) is 25.7 Å². The van der Waals surface area contributed by atoms with Crippen LogP contribution in [0, 0.1) is 0 Å². The fraction of sp³-hybridized carbons (Fsp3) is 1.00. The van der Waals surface area contributed by atoms with Crippen LogP contribution in [-0.4, -0.2) is 0 Å². The lowest BCUT2D eigenvalue weighted by Gasteiger charge is -2.05. The van der Waals surface area contributed by atoms with Crippen molar-refractivity contribution in [2.75, 3.05) is 0 Å². The van der Waals surface area contributed by atoms with Crippen molar-refractivity contribution in [3.63, 3.8) is 0 Å². The molecule has 9 heteroatoms. The Morgan fingerprint density at radius 2 is 0.308 bits per heavy atom. The summed E-state index contributed by atoms with van der Waals surface area (Å²) < 4.78 is 0. The van der Waals surface area contributed by atoms with Crippen LogP contribution in [0.3, 0.4) is 0 Å². The quantitative estimate of drug-likeness (QED) is 0.567. The zero-order chi connectivity index (χ0) is 2.83. The molecule has 0 N–H and O–H groups in total. The predicted molar refractivity (Wildman–Crippen MR) is 41.0 cm³/mol. The molecule has 13 heavy (non-hydrogen) atoms. The summed E-state index contributed by atoms with van der Waals surface area (Å²) >= 11 is 0. The van der Waals surface area contributed by atoms with Crippen LogP contribution in [0.1, 0.15) is 25.7 Å². The van der Waals surface area contributed by atoms with Crippen LogP contribution in [0.15, 0.2) is 0 Å². The molecular weight excluding hydrogens is 219 g/mol. The van der Waals surface area contributed by atoms with Gasteiger partial charge in [0.15, 0.2) is 0 Å². The first kappa shape index (κ1) is 141. The summed E-state index contributed by atoms with van der Waals surface area (Å²) in [5.74, 6) is 0. The number of halogens is 9. The van der Waals surface area contributed by atoms with Gasteiger partial charge in [-0.1, -0.05) is 25.7 Å². The summed E-state index contributed by atoms with van der Waals surface area (Å²) in [7, 11) is 0. The SMILES string of the molecule is C1CCC1.F.F.F.F.F.F.F.F.F. The van der Waals surface area contributed by atoms with Crippen molar-refractivity contribution in [2.24, 2.45) is 0 Å². The van der Waals surface area contributed by atoms with Gasteiger partial charge in [0, 0.05) is 0 Å². The van der Waals surface area contributed by atoms with Gasteiger partial charge in [0.2, 0.25) is 0 Å². The lowest BCUT2D eigenvalue weighted by Crippen LogP contribution is -1.85. The monoisotopic (exact) mass is 236 g/mol. The van der Waals surface area contributed by atoms with Crippen molar-refractivity contribution in [1.82, 2.24) is 0 Å². The third-order valence-electron chi connectivity index (χ3n) is 1.000. The smallest absolute Gasteiger partial charge is 0.0533 e. The van der Waals surface area contributed by atoms with Crippen LogP contribution in [0.5, 0.6) is 0 Å². The Morgan fingerprint density at radius 3 is 0.308 bits per heavy atom. The van der Waals surface area contributed by atoms with Crippen LogP contribution >= 0.6 is 0 Å². The Bertz CT molecular complexity index is 19.6. The van der Waals surface area contributed by atoms with Crippen LogP contribution < -0.4 is 0 Å². The molecule has 0 unspecified atom stereocenters. The summed E-state index contributed by atoms with van der Waals surface area (Å²) in [5.41, 5.74) is 0. The minimum atomic E-state index is 0. The van der Waals surface area contributed by atoms with Gasteiger partial charge in [-0.25, -0.2) is 0 Å². The number of hydrogen-bond donors (Lipinski definition) is 0. The van der Waals surface area contributed by atoms with E-state index in [1.807, 2.05) is 0 Å². The predicted octanol–water partition coefficient (Wildman–Crippen LogP) is 2.93. The van der Waals surface area contributed by atoms with Crippen LogP contribution in [0.2, 0.25) is 0 Å². The maximum absolute atomic E-state index is 1.50. The second kappa shape index (κ2) is 108. The van der Waals surface area contributed by atoms with Crippen molar-refractivity contribution >= 4 is 0 Å². The lowest BCUT2D eigenvalue weighted by atomic mass is 10.0. The van der Waals surface area contributed by atoms with Gasteiger partial charge in [-0.05, 0) is 0 Å². The van der Waals surface area contributed by atoms with Gasteiger partial charge in [0.25, 0.3) is 0 Å². The summed E-state index contributed by atoms with van der Waals surface area (Å²) in [4.78, 5) is 0. The molecule has 1 saturated carbocycles. The normalized spacial score (nSPS) is 7.38. The van der Waals surface area contributed by atoms with E-state index in [-0.39, 0.29) is 42.3 Å². The molecule has 96 valence electrons. The molecule has 0 heterocycles. The van der Waals surface area contributed by atoms with E-state index in [9.17, 15) is 0 Å². The Morgan fingerprint density at radius 1 is 0.231 bits per heavy atom. The summed E-state index contributed by atoms with van der Waals surface area (Å²) in [5, 5.41) is 0. The zero-order valence-electron chi connectivity index (χ0n) is 6.50. The molecule has 0 radical (unpaired) electrons. The Kier molecular flexibility index (Phi) is 1170. The first-order valence-electron chi connectivity index (χ1n) is 2.00. The average molecular weight is 236 g/mol. The Labute approximate surface area is 69.4 Å². The number of hydrogen-bond acceptors (Lipinski definition) is 0. The minimum absolute atomic E-state index is 0. The molecule has 0 nitrogen and oxygen atoms in total. The van der Waals surface area contributed by atoms with Crippen molar-refractivity contribution < 1.29 is 42.3 Å². The summed E-state index contributed by atoms with van der Waals surface area (Å²) in [6.45, 7) is 0. The van der Waals surface area contributed by atoms with E-state index in [2.05, 4.69) is 0 Å². The molecule has 1 rings (SSSR count). The van der Waals surface area contributed by atoms with E-state index < -0.39 is 0 Å². The third kappa shape index (κ3) is 87.9. The average Bonchev–Trinajstić information content (AvgIpc) is 0.722. The maximum atomic E-state index is 1.50. The molecule has 0 spiro atoms. The van der Waals surface area contributed by atoms with Gasteiger partial charge < -0.3 is 0 Å². The van der Waals surface area contributed by atoms with Crippen molar-refractivity contribution in [2.45, 2.75) is 25.7 Å². The number of rotatable bonds is 0. The molecule has 0 aliphatic heterocycles. The fourth-order valence-corrected chi connectivity index (χ4v) is 0.250. The molecule has 0 saturated heterocycles. The van der Waals surface area contributed by atoms with Crippen molar-refractivity contribution in [1.29, 1.82) is 0 Å². The molecule has 0 aromatic rings. The largest absolute Gasteiger partial charge is 0.269 e. The maximum Gasteiger partial charge on any atom is -0.0533 e. The van der Waals surface area contributed by atoms with E-state index in [0.29, 0.717) is 0 Å². The zero-order valence-corrected chi connectivity index (χ0v) is 6.50. The lowest BCUT2D eigenvalue weighted by molar-refractivity contribution is 0.504. The molecule has 0 atom stereocenters. The van der Waals surface area contributed by atoms with E-state index in [1.54, 1.807) is 0 Å². The van der Waals surface area contributed by atoms with Crippen LogP contribution in [0.4, 0.5) is 42.3 Å². The standard InChI is InChI=1S/C4H8.9FH/c1-2-4-3-1;;;;;;;;;/h1-4H2;9*1H. The van der Waals surface area contributed by atoms with E-state index in [0.717, 1.165) is 0 Å². The summed E-state index contributed by atoms with van der Waals surface area (Å²) in [6, 6.07) is 0. The van der Waals surface area contributed by atoms with E-state index >= 15 is 0 Å². The molecule has 0 aromatic carbocycles. The van der Waals surface area contributed by atoms with Gasteiger partial charge in [0.05, 0.1) is 0 Å². The molecule has 1 aliphatic rings. The van der Waals surface area contributed by atoms with Crippen molar-refractivity contribution in [3.05, 3.63) is 0 Å².